The minimum absolute atomic E-state index is 0.201. The van der Waals surface area contributed by atoms with Gasteiger partial charge in [0.05, 0.1) is 22.4 Å². The summed E-state index contributed by atoms with van der Waals surface area (Å²) in [5, 5.41) is 0. The molecule has 0 saturated carbocycles. The smallest absolute Gasteiger partial charge is 0.215 e. The molecule has 112 valence electrons. The van der Waals surface area contributed by atoms with Gasteiger partial charge in [0.2, 0.25) is 5.78 Å². The summed E-state index contributed by atoms with van der Waals surface area (Å²) in [6, 6.07) is 16.1. The standard InChI is InChI=1S/C19H15N3O/c1-21-14-8-4-5-9-15(14)22-16-10-11-17(23)12-6-2-3-7-13(12)18(16)20-19(21)22/h2-9H,10-11H2,1H3. The fraction of sp³-hybridized carbons (Fsp3) is 0.158. The van der Waals surface area contributed by atoms with E-state index in [-0.39, 0.29) is 5.78 Å². The van der Waals surface area contributed by atoms with Crippen LogP contribution in [0.1, 0.15) is 22.5 Å². The van der Waals surface area contributed by atoms with Crippen LogP contribution in [0.5, 0.6) is 0 Å². The number of nitrogens with zero attached hydrogens (tertiary/aromatic N) is 3. The van der Waals surface area contributed by atoms with Crippen molar-refractivity contribution in [1.82, 2.24) is 14.0 Å². The van der Waals surface area contributed by atoms with Crippen LogP contribution in [0.25, 0.3) is 28.1 Å². The summed E-state index contributed by atoms with van der Waals surface area (Å²) >= 11 is 0. The zero-order chi connectivity index (χ0) is 15.6. The molecule has 0 amide bonds. The van der Waals surface area contributed by atoms with Crippen molar-refractivity contribution in [2.24, 2.45) is 7.05 Å². The van der Waals surface area contributed by atoms with E-state index in [1.54, 1.807) is 0 Å². The molecule has 4 heteroatoms. The first-order valence-corrected chi connectivity index (χ1v) is 7.83. The molecule has 0 N–H and O–H groups in total. The second-order valence-corrected chi connectivity index (χ2v) is 6.06. The van der Waals surface area contributed by atoms with Gasteiger partial charge in [-0.05, 0) is 18.6 Å². The van der Waals surface area contributed by atoms with Gasteiger partial charge in [-0.15, -0.1) is 0 Å². The molecule has 0 aliphatic heterocycles. The van der Waals surface area contributed by atoms with Crippen LogP contribution in [0.15, 0.2) is 48.5 Å². The minimum atomic E-state index is 0.201. The minimum Gasteiger partial charge on any atom is -0.313 e. The molecule has 0 bridgehead atoms. The highest BCUT2D eigenvalue weighted by Gasteiger charge is 2.26. The maximum absolute atomic E-state index is 12.4. The summed E-state index contributed by atoms with van der Waals surface area (Å²) in [5.41, 5.74) is 6.13. The van der Waals surface area contributed by atoms with Gasteiger partial charge in [-0.25, -0.2) is 4.98 Å². The third-order valence-corrected chi connectivity index (χ3v) is 4.81. The van der Waals surface area contributed by atoms with Crippen LogP contribution < -0.4 is 0 Å². The van der Waals surface area contributed by atoms with Crippen molar-refractivity contribution in [1.29, 1.82) is 0 Å². The SMILES string of the molecule is Cn1c2ccccc2n2c3c(nc12)-c1ccccc1C(=O)CC3. The summed E-state index contributed by atoms with van der Waals surface area (Å²) < 4.78 is 4.33. The predicted molar refractivity (Wildman–Crippen MR) is 89.8 cm³/mol. The number of carbonyl (C=O) groups excluding carboxylic acids is 1. The van der Waals surface area contributed by atoms with Crippen molar-refractivity contribution in [2.75, 3.05) is 0 Å². The normalized spacial score (nSPS) is 14.0. The Kier molecular flexibility index (Phi) is 2.37. The molecule has 1 aliphatic carbocycles. The van der Waals surface area contributed by atoms with Gasteiger partial charge in [-0.2, -0.15) is 0 Å². The number of benzene rings is 2. The van der Waals surface area contributed by atoms with Crippen molar-refractivity contribution >= 4 is 22.6 Å². The number of hydrogen-bond acceptors (Lipinski definition) is 2. The van der Waals surface area contributed by atoms with Crippen molar-refractivity contribution < 1.29 is 4.79 Å². The summed E-state index contributed by atoms with van der Waals surface area (Å²) in [6.45, 7) is 0. The van der Waals surface area contributed by atoms with Gasteiger partial charge in [0, 0.05) is 24.6 Å². The summed E-state index contributed by atoms with van der Waals surface area (Å²) in [7, 11) is 2.04. The van der Waals surface area contributed by atoms with Crippen LogP contribution in [0.2, 0.25) is 0 Å². The van der Waals surface area contributed by atoms with Gasteiger partial charge in [-0.1, -0.05) is 36.4 Å². The number of carbonyl (C=O) groups is 1. The summed E-state index contributed by atoms with van der Waals surface area (Å²) in [4.78, 5) is 17.3. The summed E-state index contributed by atoms with van der Waals surface area (Å²) in [5.74, 6) is 1.13. The second kappa shape index (κ2) is 4.32. The number of ketones is 1. The van der Waals surface area contributed by atoms with Crippen LogP contribution in [0.4, 0.5) is 0 Å². The molecule has 4 aromatic rings. The third kappa shape index (κ3) is 1.55. The van der Waals surface area contributed by atoms with Gasteiger partial charge in [0.15, 0.2) is 5.78 Å². The average Bonchev–Trinajstić information content (AvgIpc) is 3.05. The number of para-hydroxylation sites is 2. The quantitative estimate of drug-likeness (QED) is 0.497. The first kappa shape index (κ1) is 12.6. The van der Waals surface area contributed by atoms with E-state index in [2.05, 4.69) is 21.1 Å². The van der Waals surface area contributed by atoms with Gasteiger partial charge in [0.1, 0.15) is 0 Å². The molecule has 0 radical (unpaired) electrons. The number of aryl methyl sites for hydroxylation is 2. The Morgan fingerprint density at radius 3 is 2.43 bits per heavy atom. The molecular weight excluding hydrogens is 286 g/mol. The maximum Gasteiger partial charge on any atom is 0.215 e. The van der Waals surface area contributed by atoms with Gasteiger partial charge >= 0.3 is 0 Å². The Labute approximate surface area is 133 Å². The van der Waals surface area contributed by atoms with Crippen molar-refractivity contribution in [3.05, 3.63) is 59.8 Å². The Bertz CT molecular complexity index is 1100. The van der Waals surface area contributed by atoms with Crippen molar-refractivity contribution in [3.8, 4) is 11.3 Å². The third-order valence-electron chi connectivity index (χ3n) is 4.81. The molecule has 0 fully saturated rings. The Balaban J connectivity index is 1.95. The summed E-state index contributed by atoms with van der Waals surface area (Å²) in [6.07, 6.45) is 1.25. The van der Waals surface area contributed by atoms with Crippen LogP contribution in [0.3, 0.4) is 0 Å². The number of hydrogen-bond donors (Lipinski definition) is 0. The van der Waals surface area contributed by atoms with E-state index in [1.807, 2.05) is 43.4 Å². The topological polar surface area (TPSA) is 39.3 Å². The molecule has 5 rings (SSSR count). The highest BCUT2D eigenvalue weighted by molar-refractivity contribution is 6.03. The van der Waals surface area contributed by atoms with Gasteiger partial charge in [0.25, 0.3) is 0 Å². The van der Waals surface area contributed by atoms with Gasteiger partial charge < -0.3 is 4.57 Å². The predicted octanol–water partition coefficient (Wildman–Crippen LogP) is 3.62. The monoisotopic (exact) mass is 301 g/mol. The average molecular weight is 301 g/mol. The zero-order valence-corrected chi connectivity index (χ0v) is 12.8. The number of aromatic nitrogens is 3. The fourth-order valence-electron chi connectivity index (χ4n) is 3.71. The Morgan fingerprint density at radius 1 is 0.913 bits per heavy atom. The highest BCUT2D eigenvalue weighted by Crippen LogP contribution is 2.34. The largest absolute Gasteiger partial charge is 0.313 e. The highest BCUT2D eigenvalue weighted by atomic mass is 16.1. The lowest BCUT2D eigenvalue weighted by molar-refractivity contribution is 0.0984. The first-order valence-electron chi connectivity index (χ1n) is 7.83. The lowest BCUT2D eigenvalue weighted by Gasteiger charge is -2.03. The number of fused-ring (bicyclic) bond motifs is 7. The first-order chi connectivity index (χ1) is 11.3. The van der Waals surface area contributed by atoms with Crippen LogP contribution >= 0.6 is 0 Å². The van der Waals surface area contributed by atoms with Crippen molar-refractivity contribution in [3.63, 3.8) is 0 Å². The number of Topliss-reactive ketones (excluding diaryl/α,β-unsaturated/α-hetero) is 1. The van der Waals surface area contributed by atoms with Crippen LogP contribution in [0, 0.1) is 0 Å². The van der Waals surface area contributed by atoms with Crippen LogP contribution in [-0.2, 0) is 13.5 Å². The van der Waals surface area contributed by atoms with E-state index in [4.69, 9.17) is 4.98 Å². The van der Waals surface area contributed by atoms with Gasteiger partial charge in [-0.3, -0.25) is 9.20 Å². The Hall–Kier alpha value is -2.88. The molecule has 4 nitrogen and oxygen atoms in total. The molecule has 2 heterocycles. The lowest BCUT2D eigenvalue weighted by Crippen LogP contribution is -2.00. The zero-order valence-electron chi connectivity index (χ0n) is 12.8. The second-order valence-electron chi connectivity index (χ2n) is 6.06. The van der Waals surface area contributed by atoms with E-state index in [1.165, 1.54) is 0 Å². The number of rotatable bonds is 0. The fourth-order valence-corrected chi connectivity index (χ4v) is 3.71. The van der Waals surface area contributed by atoms with E-state index < -0.39 is 0 Å². The molecule has 23 heavy (non-hydrogen) atoms. The number of imidazole rings is 2. The molecule has 2 aromatic heterocycles. The molecule has 2 aromatic carbocycles. The molecular formula is C19H15N3O. The lowest BCUT2D eigenvalue weighted by atomic mass is 10.0. The Morgan fingerprint density at radius 2 is 1.61 bits per heavy atom. The van der Waals surface area contributed by atoms with Crippen molar-refractivity contribution in [2.45, 2.75) is 12.8 Å². The molecule has 1 aliphatic rings. The molecule has 0 atom stereocenters. The van der Waals surface area contributed by atoms with E-state index in [9.17, 15) is 4.79 Å². The molecule has 0 saturated heterocycles. The van der Waals surface area contributed by atoms with E-state index in [0.29, 0.717) is 6.42 Å². The van der Waals surface area contributed by atoms with Crippen LogP contribution in [-0.4, -0.2) is 19.7 Å². The van der Waals surface area contributed by atoms with E-state index in [0.717, 1.165) is 45.7 Å². The maximum atomic E-state index is 12.4. The molecule has 0 unspecified atom stereocenters. The molecule has 0 spiro atoms. The van der Waals surface area contributed by atoms with E-state index >= 15 is 0 Å².